The summed E-state index contributed by atoms with van der Waals surface area (Å²) in [7, 11) is 0. The van der Waals surface area contributed by atoms with Crippen molar-refractivity contribution in [2.75, 3.05) is 0 Å². The highest BCUT2D eigenvalue weighted by Gasteiger charge is 2.26. The van der Waals surface area contributed by atoms with Gasteiger partial charge in [-0.25, -0.2) is 4.39 Å². The molecule has 3 heteroatoms. The van der Waals surface area contributed by atoms with Gasteiger partial charge in [-0.1, -0.05) is 13.8 Å². The molecule has 0 unspecified atom stereocenters. The summed E-state index contributed by atoms with van der Waals surface area (Å²) in [5.74, 6) is -0.381. The van der Waals surface area contributed by atoms with Crippen molar-refractivity contribution in [3.05, 3.63) is 29.6 Å². The first-order valence-corrected chi connectivity index (χ1v) is 6.66. The van der Waals surface area contributed by atoms with Gasteiger partial charge in [0.25, 0.3) is 0 Å². The summed E-state index contributed by atoms with van der Waals surface area (Å²) in [4.78, 5) is 0. The van der Waals surface area contributed by atoms with Crippen LogP contribution in [0.3, 0.4) is 0 Å². The van der Waals surface area contributed by atoms with Gasteiger partial charge in [-0.05, 0) is 48.8 Å². The van der Waals surface area contributed by atoms with Gasteiger partial charge in [-0.15, -0.1) is 0 Å². The number of rotatable bonds is 3. The van der Waals surface area contributed by atoms with Crippen molar-refractivity contribution >= 4 is 0 Å². The summed E-state index contributed by atoms with van der Waals surface area (Å²) in [5.41, 5.74) is 1.27. The second kappa shape index (κ2) is 5.27. The zero-order chi connectivity index (χ0) is 13.2. The van der Waals surface area contributed by atoms with Gasteiger partial charge in [0.15, 0.2) is 0 Å². The summed E-state index contributed by atoms with van der Waals surface area (Å²) in [6.07, 6.45) is 4.82. The molecular formula is C15H22FNO. The Labute approximate surface area is 108 Å². The Hall–Kier alpha value is -1.09. The smallest absolute Gasteiger partial charge is 0.127 e. The fourth-order valence-electron chi connectivity index (χ4n) is 2.60. The Morgan fingerprint density at radius 2 is 1.94 bits per heavy atom. The Balaban J connectivity index is 1.85. The van der Waals surface area contributed by atoms with E-state index in [-0.39, 0.29) is 11.6 Å². The van der Waals surface area contributed by atoms with Crippen LogP contribution in [-0.2, 0) is 6.54 Å². The lowest BCUT2D eigenvalue weighted by molar-refractivity contribution is 0.206. The highest BCUT2D eigenvalue weighted by atomic mass is 19.1. The van der Waals surface area contributed by atoms with Crippen LogP contribution in [-0.4, -0.2) is 11.1 Å². The summed E-state index contributed by atoms with van der Waals surface area (Å²) < 4.78 is 13.1. The van der Waals surface area contributed by atoms with Crippen molar-refractivity contribution in [3.8, 4) is 5.75 Å². The first-order chi connectivity index (χ1) is 8.44. The van der Waals surface area contributed by atoms with Gasteiger partial charge in [0, 0.05) is 18.7 Å². The fraction of sp³-hybridized carbons (Fsp3) is 0.600. The molecule has 0 radical (unpaired) electrons. The molecule has 0 atom stereocenters. The van der Waals surface area contributed by atoms with Crippen LogP contribution in [0.1, 0.15) is 45.1 Å². The third kappa shape index (κ3) is 3.70. The van der Waals surface area contributed by atoms with E-state index in [4.69, 9.17) is 0 Å². The van der Waals surface area contributed by atoms with Crippen molar-refractivity contribution in [1.82, 2.24) is 5.32 Å². The van der Waals surface area contributed by atoms with E-state index in [0.717, 1.165) is 11.6 Å². The van der Waals surface area contributed by atoms with Gasteiger partial charge in [-0.2, -0.15) is 0 Å². The van der Waals surface area contributed by atoms with E-state index in [1.807, 2.05) is 0 Å². The maximum Gasteiger partial charge on any atom is 0.127 e. The van der Waals surface area contributed by atoms with Gasteiger partial charge < -0.3 is 10.4 Å². The average molecular weight is 251 g/mol. The van der Waals surface area contributed by atoms with Gasteiger partial charge in [0.2, 0.25) is 0 Å². The number of halogens is 1. The summed E-state index contributed by atoms with van der Waals surface area (Å²) in [6, 6.07) is 4.73. The lowest BCUT2D eigenvalue weighted by atomic mass is 9.75. The third-order valence-electron chi connectivity index (χ3n) is 3.88. The van der Waals surface area contributed by atoms with Crippen LogP contribution in [0.5, 0.6) is 5.75 Å². The molecule has 1 saturated carbocycles. The number of hydrogen-bond donors (Lipinski definition) is 2. The Morgan fingerprint density at radius 3 is 2.56 bits per heavy atom. The first-order valence-electron chi connectivity index (χ1n) is 6.66. The predicted molar refractivity (Wildman–Crippen MR) is 70.9 cm³/mol. The Morgan fingerprint density at radius 1 is 1.28 bits per heavy atom. The number of benzene rings is 1. The molecule has 2 rings (SSSR count). The van der Waals surface area contributed by atoms with Crippen molar-refractivity contribution in [2.45, 2.75) is 52.1 Å². The van der Waals surface area contributed by atoms with Crippen LogP contribution < -0.4 is 5.32 Å². The largest absolute Gasteiger partial charge is 0.508 e. The highest BCUT2D eigenvalue weighted by Crippen LogP contribution is 2.35. The summed E-state index contributed by atoms with van der Waals surface area (Å²) in [6.45, 7) is 5.25. The molecular weight excluding hydrogens is 229 g/mol. The molecule has 2 nitrogen and oxygen atoms in total. The molecule has 1 aliphatic carbocycles. The lowest BCUT2D eigenvalue weighted by Gasteiger charge is -2.34. The topological polar surface area (TPSA) is 32.3 Å². The van der Waals surface area contributed by atoms with Crippen LogP contribution in [0.4, 0.5) is 4.39 Å². The van der Waals surface area contributed by atoms with E-state index < -0.39 is 0 Å². The number of phenolic OH excluding ortho intramolecular Hbond substituents is 1. The molecule has 100 valence electrons. The second-order valence-electron chi connectivity index (χ2n) is 6.14. The fourth-order valence-corrected chi connectivity index (χ4v) is 2.60. The Kier molecular flexibility index (Phi) is 3.91. The number of phenols is 1. The quantitative estimate of drug-likeness (QED) is 0.860. The standard InChI is InChI=1S/C15H22FNO/c1-15(2)5-3-13(4-6-15)17-10-11-7-12(16)9-14(18)8-11/h7-9,13,17-18H,3-6,10H2,1-2H3. The molecule has 1 aliphatic rings. The molecule has 0 bridgehead atoms. The molecule has 1 aromatic carbocycles. The van der Waals surface area contributed by atoms with Gasteiger partial charge in [0.1, 0.15) is 11.6 Å². The van der Waals surface area contributed by atoms with Crippen molar-refractivity contribution in [3.63, 3.8) is 0 Å². The molecule has 0 spiro atoms. The van der Waals surface area contributed by atoms with Gasteiger partial charge in [0.05, 0.1) is 0 Å². The van der Waals surface area contributed by atoms with Crippen LogP contribution in [0.25, 0.3) is 0 Å². The van der Waals surface area contributed by atoms with Crippen LogP contribution in [0.15, 0.2) is 18.2 Å². The molecule has 2 N–H and O–H groups in total. The summed E-state index contributed by atoms with van der Waals surface area (Å²) in [5, 5.41) is 12.8. The number of hydrogen-bond acceptors (Lipinski definition) is 2. The zero-order valence-electron chi connectivity index (χ0n) is 11.2. The van der Waals surface area contributed by atoms with Crippen LogP contribution >= 0.6 is 0 Å². The minimum Gasteiger partial charge on any atom is -0.508 e. The molecule has 1 fully saturated rings. The monoisotopic (exact) mass is 251 g/mol. The molecule has 1 aromatic rings. The third-order valence-corrected chi connectivity index (χ3v) is 3.88. The van der Waals surface area contributed by atoms with E-state index in [9.17, 15) is 9.50 Å². The molecule has 0 amide bonds. The minimum atomic E-state index is -0.378. The lowest BCUT2D eigenvalue weighted by Crippen LogP contribution is -2.35. The van der Waals surface area contributed by atoms with E-state index in [0.29, 0.717) is 18.0 Å². The van der Waals surface area contributed by atoms with Crippen molar-refractivity contribution < 1.29 is 9.50 Å². The highest BCUT2D eigenvalue weighted by molar-refractivity contribution is 5.28. The second-order valence-corrected chi connectivity index (χ2v) is 6.14. The Bertz CT molecular complexity index is 387. The molecule has 0 aliphatic heterocycles. The molecule has 0 heterocycles. The van der Waals surface area contributed by atoms with E-state index >= 15 is 0 Å². The molecule has 0 saturated heterocycles. The van der Waals surface area contributed by atoms with Crippen LogP contribution in [0.2, 0.25) is 0 Å². The van der Waals surface area contributed by atoms with Crippen molar-refractivity contribution in [1.29, 1.82) is 0 Å². The van der Waals surface area contributed by atoms with Crippen LogP contribution in [0, 0.1) is 11.2 Å². The maximum absolute atomic E-state index is 13.1. The zero-order valence-corrected chi connectivity index (χ0v) is 11.2. The van der Waals surface area contributed by atoms with Gasteiger partial charge >= 0.3 is 0 Å². The van der Waals surface area contributed by atoms with Crippen molar-refractivity contribution in [2.24, 2.45) is 5.41 Å². The van der Waals surface area contributed by atoms with E-state index in [1.54, 1.807) is 6.07 Å². The summed E-state index contributed by atoms with van der Waals surface area (Å²) >= 11 is 0. The first kappa shape index (κ1) is 13.3. The number of aromatic hydroxyl groups is 1. The van der Waals surface area contributed by atoms with E-state index in [2.05, 4.69) is 19.2 Å². The maximum atomic E-state index is 13.1. The minimum absolute atomic E-state index is 0.00317. The normalized spacial score (nSPS) is 19.9. The number of nitrogens with one attached hydrogen (secondary N) is 1. The molecule has 18 heavy (non-hydrogen) atoms. The van der Waals surface area contributed by atoms with Gasteiger partial charge in [-0.3, -0.25) is 0 Å². The molecule has 0 aromatic heterocycles. The van der Waals surface area contributed by atoms with E-state index in [1.165, 1.54) is 31.7 Å². The SMILES string of the molecule is CC1(C)CCC(NCc2cc(O)cc(F)c2)CC1. The average Bonchev–Trinajstić information content (AvgIpc) is 2.26. The predicted octanol–water partition coefficient (Wildman–Crippen LogP) is 3.59.